The second-order valence-corrected chi connectivity index (χ2v) is 8.70. The van der Waals surface area contributed by atoms with Crippen molar-refractivity contribution in [3.05, 3.63) is 52.1 Å². The van der Waals surface area contributed by atoms with Crippen molar-refractivity contribution in [3.63, 3.8) is 0 Å². The van der Waals surface area contributed by atoms with Crippen molar-refractivity contribution >= 4 is 29.1 Å². The fraction of sp³-hybridized carbons (Fsp3) is 0.440. The van der Waals surface area contributed by atoms with E-state index in [-0.39, 0.29) is 35.2 Å². The second kappa shape index (κ2) is 9.68. The Hall–Kier alpha value is -3.29. The molecule has 33 heavy (non-hydrogen) atoms. The summed E-state index contributed by atoms with van der Waals surface area (Å²) < 4.78 is 15.1. The second-order valence-electron chi connectivity index (χ2n) is 8.70. The molecule has 0 spiro atoms. The van der Waals surface area contributed by atoms with Crippen LogP contribution >= 0.6 is 0 Å². The number of hydrogen-bond acceptors (Lipinski definition) is 4. The SMILES string of the molecule is CCC(=O)[C@@H](NC(=O)C(=O)c1c(C)c(C(=O)Nc2ccc(F)c(C)c2)c(C)n1C)C1CCC1. The first-order valence-corrected chi connectivity index (χ1v) is 11.2. The molecule has 2 aromatic rings. The van der Waals surface area contributed by atoms with Crippen LogP contribution < -0.4 is 10.6 Å². The molecule has 1 aliphatic rings. The smallest absolute Gasteiger partial charge is 0.294 e. The van der Waals surface area contributed by atoms with Gasteiger partial charge in [0.15, 0.2) is 5.78 Å². The molecule has 1 atom stereocenters. The number of nitrogens with one attached hydrogen (secondary N) is 2. The monoisotopic (exact) mass is 455 g/mol. The predicted octanol–water partition coefficient (Wildman–Crippen LogP) is 3.79. The van der Waals surface area contributed by atoms with Crippen LogP contribution in [0.2, 0.25) is 0 Å². The summed E-state index contributed by atoms with van der Waals surface area (Å²) in [6, 6.07) is 3.58. The van der Waals surface area contributed by atoms with Crippen LogP contribution in [0.15, 0.2) is 18.2 Å². The van der Waals surface area contributed by atoms with E-state index in [0.29, 0.717) is 22.5 Å². The fourth-order valence-corrected chi connectivity index (χ4v) is 4.32. The Kier molecular flexibility index (Phi) is 7.15. The highest BCUT2D eigenvalue weighted by Gasteiger charge is 2.35. The van der Waals surface area contributed by atoms with E-state index in [4.69, 9.17) is 0 Å². The zero-order chi connectivity index (χ0) is 24.4. The third-order valence-corrected chi connectivity index (χ3v) is 6.60. The van der Waals surface area contributed by atoms with Crippen LogP contribution in [0, 0.1) is 32.5 Å². The molecule has 8 heteroatoms. The third kappa shape index (κ3) is 4.74. The van der Waals surface area contributed by atoms with Crippen LogP contribution in [0.3, 0.4) is 0 Å². The van der Waals surface area contributed by atoms with Gasteiger partial charge >= 0.3 is 0 Å². The number of carbonyl (C=O) groups is 4. The molecular formula is C25H30FN3O4. The standard InChI is InChI=1S/C25H30FN3O4/c1-6-19(30)21(16-8-7-9-16)28-25(33)23(31)22-14(3)20(15(4)29(22)5)24(32)27-17-10-11-18(26)13(2)12-17/h10-12,16,21H,6-9H2,1-5H3,(H,27,32)(H,28,33)/t21-/m0/s1. The zero-order valence-electron chi connectivity index (χ0n) is 19.7. The van der Waals surface area contributed by atoms with Gasteiger partial charge in [0.05, 0.1) is 17.3 Å². The van der Waals surface area contributed by atoms with E-state index in [1.165, 1.54) is 22.8 Å². The lowest BCUT2D eigenvalue weighted by molar-refractivity contribution is -0.127. The number of hydrogen-bond donors (Lipinski definition) is 2. The van der Waals surface area contributed by atoms with Crippen molar-refractivity contribution in [2.75, 3.05) is 5.32 Å². The molecule has 1 heterocycles. The number of carbonyl (C=O) groups excluding carboxylic acids is 4. The van der Waals surface area contributed by atoms with Gasteiger partial charge in [-0.3, -0.25) is 19.2 Å². The number of benzene rings is 1. The van der Waals surface area contributed by atoms with Gasteiger partial charge in [0, 0.05) is 24.8 Å². The number of aromatic nitrogens is 1. The lowest BCUT2D eigenvalue weighted by atomic mass is 9.77. The van der Waals surface area contributed by atoms with Crippen molar-refractivity contribution in [2.24, 2.45) is 13.0 Å². The Bertz CT molecular complexity index is 1130. The molecule has 2 N–H and O–H groups in total. The van der Waals surface area contributed by atoms with E-state index < -0.39 is 23.6 Å². The molecule has 1 fully saturated rings. The number of rotatable bonds is 8. The lowest BCUT2D eigenvalue weighted by Crippen LogP contribution is -2.50. The van der Waals surface area contributed by atoms with E-state index in [1.807, 2.05) is 0 Å². The number of amides is 2. The average molecular weight is 456 g/mol. The average Bonchev–Trinajstić information content (AvgIpc) is 2.96. The van der Waals surface area contributed by atoms with Gasteiger partial charge in [-0.05, 0) is 68.9 Å². The van der Waals surface area contributed by atoms with Crippen molar-refractivity contribution < 1.29 is 23.6 Å². The van der Waals surface area contributed by atoms with Crippen LogP contribution in [-0.2, 0) is 16.6 Å². The number of nitrogens with zero attached hydrogens (tertiary/aromatic N) is 1. The zero-order valence-corrected chi connectivity index (χ0v) is 19.7. The van der Waals surface area contributed by atoms with Crippen LogP contribution in [0.25, 0.3) is 0 Å². The Balaban J connectivity index is 1.85. The van der Waals surface area contributed by atoms with E-state index in [0.717, 1.165) is 19.3 Å². The number of aryl methyl sites for hydroxylation is 1. The molecule has 2 amide bonds. The summed E-state index contributed by atoms with van der Waals surface area (Å²) >= 11 is 0. The highest BCUT2D eigenvalue weighted by atomic mass is 19.1. The van der Waals surface area contributed by atoms with Gasteiger partial charge in [-0.15, -0.1) is 0 Å². The van der Waals surface area contributed by atoms with Gasteiger partial charge in [0.25, 0.3) is 17.6 Å². The molecule has 0 saturated heterocycles. The van der Waals surface area contributed by atoms with E-state index >= 15 is 0 Å². The van der Waals surface area contributed by atoms with Crippen molar-refractivity contribution in [1.29, 1.82) is 0 Å². The molecule has 0 unspecified atom stereocenters. The number of Topliss-reactive ketones (excluding diaryl/α,β-unsaturated/α-hetero) is 2. The first kappa shape index (κ1) is 24.4. The van der Waals surface area contributed by atoms with Crippen LogP contribution in [0.1, 0.15) is 70.3 Å². The third-order valence-electron chi connectivity index (χ3n) is 6.60. The van der Waals surface area contributed by atoms with Crippen molar-refractivity contribution in [1.82, 2.24) is 9.88 Å². The van der Waals surface area contributed by atoms with E-state index in [9.17, 15) is 23.6 Å². The predicted molar refractivity (Wildman–Crippen MR) is 123 cm³/mol. The minimum Gasteiger partial charge on any atom is -0.344 e. The van der Waals surface area contributed by atoms with E-state index in [2.05, 4.69) is 10.6 Å². The summed E-state index contributed by atoms with van der Waals surface area (Å²) in [5.74, 6) is -2.50. The first-order chi connectivity index (χ1) is 15.6. The van der Waals surface area contributed by atoms with Crippen molar-refractivity contribution in [2.45, 2.75) is 59.4 Å². The van der Waals surface area contributed by atoms with Crippen LogP contribution in [0.4, 0.5) is 10.1 Å². The summed E-state index contributed by atoms with van der Waals surface area (Å²) in [6.07, 6.45) is 2.98. The molecular weight excluding hydrogens is 425 g/mol. The summed E-state index contributed by atoms with van der Waals surface area (Å²) in [6.45, 7) is 6.63. The minimum absolute atomic E-state index is 0.0611. The van der Waals surface area contributed by atoms with Gasteiger partial charge < -0.3 is 15.2 Å². The molecule has 3 rings (SSSR count). The molecule has 0 bridgehead atoms. The Labute approximate surface area is 192 Å². The van der Waals surface area contributed by atoms with Gasteiger partial charge in [-0.2, -0.15) is 0 Å². The van der Waals surface area contributed by atoms with Gasteiger partial charge in [0.2, 0.25) is 0 Å². The number of halogens is 1. The van der Waals surface area contributed by atoms with Crippen LogP contribution in [-0.4, -0.2) is 34.0 Å². The first-order valence-electron chi connectivity index (χ1n) is 11.2. The number of anilines is 1. The molecule has 0 aliphatic heterocycles. The fourth-order valence-electron chi connectivity index (χ4n) is 4.32. The largest absolute Gasteiger partial charge is 0.344 e. The molecule has 0 radical (unpaired) electrons. The number of ketones is 2. The summed E-state index contributed by atoms with van der Waals surface area (Å²) in [5, 5.41) is 5.37. The van der Waals surface area contributed by atoms with Crippen LogP contribution in [0.5, 0.6) is 0 Å². The lowest BCUT2D eigenvalue weighted by Gasteiger charge is -2.33. The van der Waals surface area contributed by atoms with Gasteiger partial charge in [0.1, 0.15) is 5.82 Å². The molecule has 1 saturated carbocycles. The summed E-state index contributed by atoms with van der Waals surface area (Å²) in [7, 11) is 1.61. The maximum atomic E-state index is 13.5. The molecule has 7 nitrogen and oxygen atoms in total. The molecule has 1 aliphatic carbocycles. The van der Waals surface area contributed by atoms with Crippen molar-refractivity contribution in [3.8, 4) is 0 Å². The van der Waals surface area contributed by atoms with E-state index in [1.54, 1.807) is 34.7 Å². The summed E-state index contributed by atoms with van der Waals surface area (Å²) in [5.41, 5.74) is 2.07. The minimum atomic E-state index is -0.849. The topological polar surface area (TPSA) is 97.3 Å². The molecule has 176 valence electrons. The quantitative estimate of drug-likeness (QED) is 0.468. The summed E-state index contributed by atoms with van der Waals surface area (Å²) in [4.78, 5) is 51.2. The maximum absolute atomic E-state index is 13.5. The van der Waals surface area contributed by atoms with Gasteiger partial charge in [-0.1, -0.05) is 13.3 Å². The Morgan fingerprint density at radius 1 is 1.15 bits per heavy atom. The highest BCUT2D eigenvalue weighted by molar-refractivity contribution is 6.43. The normalized spacial score (nSPS) is 14.4. The molecule has 1 aromatic heterocycles. The Morgan fingerprint density at radius 2 is 1.82 bits per heavy atom. The Morgan fingerprint density at radius 3 is 2.36 bits per heavy atom. The molecule has 1 aromatic carbocycles. The van der Waals surface area contributed by atoms with Gasteiger partial charge in [-0.25, -0.2) is 4.39 Å². The highest BCUT2D eigenvalue weighted by Crippen LogP contribution is 2.31. The maximum Gasteiger partial charge on any atom is 0.294 e.